The zero-order valence-electron chi connectivity index (χ0n) is 30.9. The van der Waals surface area contributed by atoms with E-state index in [0.29, 0.717) is 23.3 Å². The second-order valence-corrected chi connectivity index (χ2v) is 14.3. The van der Waals surface area contributed by atoms with Crippen LogP contribution in [0.25, 0.3) is 100 Å². The van der Waals surface area contributed by atoms with Crippen molar-refractivity contribution in [3.05, 3.63) is 200 Å². The molecule has 0 spiro atoms. The van der Waals surface area contributed by atoms with Gasteiger partial charge in [-0.1, -0.05) is 146 Å². The van der Waals surface area contributed by atoms with Crippen LogP contribution in [0.5, 0.6) is 0 Å². The summed E-state index contributed by atoms with van der Waals surface area (Å²) in [5.74, 6) is -0.344. The summed E-state index contributed by atoms with van der Waals surface area (Å²) in [5.41, 5.74) is 9.84. The van der Waals surface area contributed by atoms with E-state index in [0.717, 1.165) is 77.0 Å². The number of hydrogen-bond acceptors (Lipinski definition) is 3. The predicted molar refractivity (Wildman–Crippen MR) is 230 cm³/mol. The second-order valence-electron chi connectivity index (χ2n) is 14.3. The van der Waals surface area contributed by atoms with E-state index in [1.807, 2.05) is 102 Å². The average Bonchev–Trinajstić information content (AvgIpc) is 3.80. The molecule has 11 aromatic rings. The van der Waals surface area contributed by atoms with E-state index in [1.165, 1.54) is 12.1 Å². The first kappa shape index (κ1) is 33.6. The summed E-state index contributed by atoms with van der Waals surface area (Å²) in [6, 6.07) is 61.5. The molecular weight excluding hydrogens is 721 g/mol. The Bertz CT molecular complexity index is 3280. The molecule has 0 bridgehead atoms. The molecule has 0 aliphatic carbocycles. The van der Waals surface area contributed by atoms with Crippen molar-refractivity contribution in [2.75, 3.05) is 0 Å². The smallest absolute Gasteiger partial charge is 0.238 e. The van der Waals surface area contributed by atoms with Crippen LogP contribution in [0.4, 0.5) is 8.78 Å². The average molecular weight is 752 g/mol. The van der Waals surface area contributed by atoms with Crippen molar-refractivity contribution in [3.8, 4) is 56.7 Å². The van der Waals surface area contributed by atoms with Gasteiger partial charge in [-0.15, -0.1) is 0 Å². The minimum Gasteiger partial charge on any atom is -0.307 e. The van der Waals surface area contributed by atoms with Gasteiger partial charge >= 0.3 is 0 Å². The monoisotopic (exact) mass is 751 g/mol. The Labute approximate surface area is 331 Å². The molecule has 0 aliphatic rings. The van der Waals surface area contributed by atoms with E-state index in [2.05, 4.69) is 77.4 Å². The SMILES string of the molecule is Fc1ccc(-n2c3ccc(-c4ccccc4)cc3c3ccc4c5cc(-c6ccccc6)ccc5n(-c5nc(-c6ccccc6)nc(-c6ccccc6)n5)c4c32)cc1F. The molecule has 0 amide bonds. The Morgan fingerprint density at radius 1 is 0.328 bits per heavy atom. The Hall–Kier alpha value is -7.77. The van der Waals surface area contributed by atoms with Crippen molar-refractivity contribution in [1.82, 2.24) is 24.1 Å². The predicted octanol–water partition coefficient (Wildman–Crippen LogP) is 13.0. The lowest BCUT2D eigenvalue weighted by molar-refractivity contribution is 0.508. The van der Waals surface area contributed by atoms with Gasteiger partial charge in [-0.05, 0) is 58.7 Å². The van der Waals surface area contributed by atoms with Crippen LogP contribution in [-0.4, -0.2) is 24.1 Å². The van der Waals surface area contributed by atoms with Gasteiger partial charge in [-0.2, -0.15) is 9.97 Å². The van der Waals surface area contributed by atoms with E-state index >= 15 is 4.39 Å². The van der Waals surface area contributed by atoms with E-state index in [1.54, 1.807) is 6.07 Å². The first-order chi connectivity index (χ1) is 28.6. The van der Waals surface area contributed by atoms with Crippen LogP contribution >= 0.6 is 0 Å². The highest BCUT2D eigenvalue weighted by molar-refractivity contribution is 6.24. The molecule has 8 aromatic carbocycles. The van der Waals surface area contributed by atoms with Crippen molar-refractivity contribution in [2.24, 2.45) is 0 Å². The van der Waals surface area contributed by atoms with Crippen molar-refractivity contribution in [1.29, 1.82) is 0 Å². The maximum atomic E-state index is 15.3. The van der Waals surface area contributed by atoms with E-state index in [-0.39, 0.29) is 0 Å². The molecule has 0 saturated carbocycles. The third-order valence-corrected chi connectivity index (χ3v) is 10.9. The molecule has 0 unspecified atom stereocenters. The molecule has 3 aromatic heterocycles. The lowest BCUT2D eigenvalue weighted by atomic mass is 10.0. The van der Waals surface area contributed by atoms with E-state index in [9.17, 15) is 4.39 Å². The lowest BCUT2D eigenvalue weighted by Crippen LogP contribution is -2.07. The zero-order valence-corrected chi connectivity index (χ0v) is 30.9. The summed E-state index contributed by atoms with van der Waals surface area (Å²) in [6.07, 6.45) is 0. The van der Waals surface area contributed by atoms with Crippen molar-refractivity contribution >= 4 is 43.6 Å². The molecule has 0 N–H and O–H groups in total. The van der Waals surface area contributed by atoms with Gasteiger partial charge in [0, 0.05) is 44.4 Å². The fourth-order valence-corrected chi connectivity index (χ4v) is 8.22. The highest BCUT2D eigenvalue weighted by Gasteiger charge is 2.24. The number of fused-ring (bicyclic) bond motifs is 7. The topological polar surface area (TPSA) is 48.5 Å². The molecule has 0 radical (unpaired) electrons. The molecule has 274 valence electrons. The summed E-state index contributed by atoms with van der Waals surface area (Å²) >= 11 is 0. The van der Waals surface area contributed by atoms with Gasteiger partial charge in [-0.25, -0.2) is 13.8 Å². The van der Waals surface area contributed by atoms with Gasteiger partial charge in [0.1, 0.15) is 0 Å². The van der Waals surface area contributed by atoms with Gasteiger partial charge in [-0.3, -0.25) is 4.57 Å². The van der Waals surface area contributed by atoms with Crippen LogP contribution in [-0.2, 0) is 0 Å². The molecular formula is C51H31F2N5. The van der Waals surface area contributed by atoms with Gasteiger partial charge in [0.25, 0.3) is 0 Å². The van der Waals surface area contributed by atoms with Crippen LogP contribution in [0.2, 0.25) is 0 Å². The quantitative estimate of drug-likeness (QED) is 0.170. The molecule has 0 atom stereocenters. The number of halogens is 2. The molecule has 58 heavy (non-hydrogen) atoms. The lowest BCUT2D eigenvalue weighted by Gasteiger charge is -2.13. The normalized spacial score (nSPS) is 11.6. The zero-order chi connectivity index (χ0) is 38.7. The first-order valence-corrected chi connectivity index (χ1v) is 19.1. The Morgan fingerprint density at radius 2 is 0.776 bits per heavy atom. The van der Waals surface area contributed by atoms with Gasteiger partial charge in [0.2, 0.25) is 5.95 Å². The van der Waals surface area contributed by atoms with Crippen molar-refractivity contribution < 1.29 is 8.78 Å². The number of aromatic nitrogens is 5. The molecule has 5 nitrogen and oxygen atoms in total. The summed E-state index contributed by atoms with van der Waals surface area (Å²) in [6.45, 7) is 0. The Balaban J connectivity index is 1.32. The van der Waals surface area contributed by atoms with Crippen molar-refractivity contribution in [3.63, 3.8) is 0 Å². The number of rotatable bonds is 6. The molecule has 0 fully saturated rings. The maximum Gasteiger partial charge on any atom is 0.238 e. The van der Waals surface area contributed by atoms with Crippen LogP contribution < -0.4 is 0 Å². The molecule has 0 saturated heterocycles. The minimum atomic E-state index is -0.925. The van der Waals surface area contributed by atoms with Crippen LogP contribution in [0.3, 0.4) is 0 Å². The van der Waals surface area contributed by atoms with Crippen LogP contribution in [0, 0.1) is 11.6 Å². The van der Waals surface area contributed by atoms with Gasteiger partial charge in [0.05, 0.1) is 22.1 Å². The number of benzene rings is 8. The Morgan fingerprint density at radius 3 is 1.26 bits per heavy atom. The van der Waals surface area contributed by atoms with Gasteiger partial charge in [0.15, 0.2) is 23.3 Å². The standard InChI is InChI=1S/C51H31F2N5/c52-43-26-23-38(31-44(43)53)57-45-27-21-36(32-13-5-1-6-14-32)29-41(45)39-24-25-40-42-30-37(33-15-7-2-8-16-33)22-28-46(42)58(48(40)47(39)57)51-55-49(34-17-9-3-10-18-34)54-50(56-51)35-19-11-4-12-20-35/h1-31H. The molecule has 11 rings (SSSR count). The van der Waals surface area contributed by atoms with E-state index in [4.69, 9.17) is 15.0 Å². The second kappa shape index (κ2) is 13.5. The Kier molecular flexibility index (Phi) is 7.79. The minimum absolute atomic E-state index is 0.430. The highest BCUT2D eigenvalue weighted by atomic mass is 19.2. The maximum absolute atomic E-state index is 15.3. The van der Waals surface area contributed by atoms with Crippen molar-refractivity contribution in [2.45, 2.75) is 0 Å². The summed E-state index contributed by atoms with van der Waals surface area (Å²) in [7, 11) is 0. The van der Waals surface area contributed by atoms with E-state index < -0.39 is 11.6 Å². The molecule has 7 heteroatoms. The summed E-state index contributed by atoms with van der Waals surface area (Å²) in [5, 5.41) is 3.86. The largest absolute Gasteiger partial charge is 0.307 e. The third-order valence-electron chi connectivity index (χ3n) is 10.9. The highest BCUT2D eigenvalue weighted by Crippen LogP contribution is 2.43. The number of nitrogens with zero attached hydrogens (tertiary/aromatic N) is 5. The van der Waals surface area contributed by atoms with Crippen LogP contribution in [0.15, 0.2) is 188 Å². The fourth-order valence-electron chi connectivity index (χ4n) is 8.22. The number of hydrogen-bond donors (Lipinski definition) is 0. The third kappa shape index (κ3) is 5.47. The summed E-state index contributed by atoms with van der Waals surface area (Å²) in [4.78, 5) is 15.4. The first-order valence-electron chi connectivity index (χ1n) is 19.1. The van der Waals surface area contributed by atoms with Crippen LogP contribution in [0.1, 0.15) is 0 Å². The van der Waals surface area contributed by atoms with Gasteiger partial charge < -0.3 is 4.57 Å². The fraction of sp³-hybridized carbons (Fsp3) is 0. The molecule has 0 aliphatic heterocycles. The summed E-state index contributed by atoms with van der Waals surface area (Å²) < 4.78 is 34.0. The molecule has 3 heterocycles.